The molecule has 0 aliphatic heterocycles. The molecule has 4 aromatic heterocycles. The van der Waals surface area contributed by atoms with E-state index in [1.807, 2.05) is 18.2 Å². The van der Waals surface area contributed by atoms with E-state index in [-0.39, 0.29) is 0 Å². The minimum atomic E-state index is 0.830. The Bertz CT molecular complexity index is 3890. The molecule has 0 radical (unpaired) electrons. The molecule has 0 N–H and O–H groups in total. The molecular weight excluding hydrogens is 769 g/mol. The van der Waals surface area contributed by atoms with Crippen LogP contribution in [0.15, 0.2) is 227 Å². The monoisotopic (exact) mass is 804 g/mol. The van der Waals surface area contributed by atoms with Crippen molar-refractivity contribution in [3.8, 4) is 61.6 Å². The molecule has 0 fully saturated rings. The Kier molecular flexibility index (Phi) is 7.87. The summed E-state index contributed by atoms with van der Waals surface area (Å²) in [7, 11) is 0. The van der Waals surface area contributed by atoms with Crippen molar-refractivity contribution in [3.63, 3.8) is 0 Å². The predicted octanol–water partition coefficient (Wildman–Crippen LogP) is 16.3. The summed E-state index contributed by atoms with van der Waals surface area (Å²) in [5, 5.41) is 6.82. The van der Waals surface area contributed by atoms with Crippen LogP contribution in [0.3, 0.4) is 0 Å². The molecule has 0 amide bonds. The second kappa shape index (κ2) is 14.1. The van der Waals surface area contributed by atoms with Crippen LogP contribution in [0.25, 0.3) is 127 Å². The highest BCUT2D eigenvalue weighted by molar-refractivity contribution is 6.14. The smallest absolute Gasteiger partial charge is 0.136 e. The van der Waals surface area contributed by atoms with Gasteiger partial charge in [-0.2, -0.15) is 0 Å². The number of furan rings is 2. The molecule has 4 heterocycles. The first-order chi connectivity index (χ1) is 31.2. The summed E-state index contributed by atoms with van der Waals surface area (Å²) in [6.45, 7) is 0. The van der Waals surface area contributed by atoms with Gasteiger partial charge in [0.1, 0.15) is 22.3 Å². The van der Waals surface area contributed by atoms with E-state index in [0.717, 1.165) is 94.3 Å². The molecule has 13 aromatic rings. The highest BCUT2D eigenvalue weighted by atomic mass is 16.3. The van der Waals surface area contributed by atoms with E-state index in [9.17, 15) is 0 Å². The fourth-order valence-electron chi connectivity index (χ4n) is 9.58. The molecule has 0 atom stereocenters. The van der Waals surface area contributed by atoms with Gasteiger partial charge in [0.15, 0.2) is 0 Å². The molecule has 9 aromatic carbocycles. The first-order valence-electron chi connectivity index (χ1n) is 21.3. The van der Waals surface area contributed by atoms with Gasteiger partial charge in [-0.25, -0.2) is 4.98 Å². The maximum atomic E-state index is 6.54. The third-order valence-corrected chi connectivity index (χ3v) is 12.6. The molecule has 294 valence electrons. The number of fused-ring (bicyclic) bond motifs is 9. The molecular formula is C59H36N2O2. The fraction of sp³-hybridized carbons (Fsp3) is 0. The average molecular weight is 805 g/mol. The van der Waals surface area contributed by atoms with Gasteiger partial charge >= 0.3 is 0 Å². The highest BCUT2D eigenvalue weighted by Gasteiger charge is 2.18. The number of benzene rings is 9. The van der Waals surface area contributed by atoms with Gasteiger partial charge in [0, 0.05) is 49.1 Å². The van der Waals surface area contributed by atoms with Crippen LogP contribution < -0.4 is 0 Å². The van der Waals surface area contributed by atoms with Crippen LogP contribution in [0.2, 0.25) is 0 Å². The van der Waals surface area contributed by atoms with E-state index in [4.69, 9.17) is 13.8 Å². The number of nitrogens with zero attached hydrogens (tertiary/aromatic N) is 2. The van der Waals surface area contributed by atoms with Crippen LogP contribution >= 0.6 is 0 Å². The summed E-state index contributed by atoms with van der Waals surface area (Å²) >= 11 is 0. The second-order valence-electron chi connectivity index (χ2n) is 16.3. The van der Waals surface area contributed by atoms with Crippen molar-refractivity contribution in [3.05, 3.63) is 218 Å². The molecule has 0 aliphatic carbocycles. The van der Waals surface area contributed by atoms with Crippen LogP contribution in [-0.2, 0) is 0 Å². The van der Waals surface area contributed by atoms with Crippen molar-refractivity contribution < 1.29 is 8.83 Å². The lowest BCUT2D eigenvalue weighted by Crippen LogP contribution is -1.92. The van der Waals surface area contributed by atoms with E-state index in [1.54, 1.807) is 0 Å². The van der Waals surface area contributed by atoms with Gasteiger partial charge in [0.05, 0.1) is 22.4 Å². The van der Waals surface area contributed by atoms with E-state index in [1.165, 1.54) is 32.9 Å². The number of para-hydroxylation sites is 3. The fourth-order valence-corrected chi connectivity index (χ4v) is 9.58. The molecule has 13 rings (SSSR count). The number of hydrogen-bond acceptors (Lipinski definition) is 3. The lowest BCUT2D eigenvalue weighted by molar-refractivity contribution is 0.668. The van der Waals surface area contributed by atoms with E-state index in [2.05, 4.69) is 205 Å². The number of aromatic nitrogens is 2. The normalized spacial score (nSPS) is 11.8. The molecule has 0 aliphatic rings. The van der Waals surface area contributed by atoms with Crippen molar-refractivity contribution in [2.24, 2.45) is 0 Å². The Morgan fingerprint density at radius 2 is 0.873 bits per heavy atom. The Labute approximate surface area is 362 Å². The van der Waals surface area contributed by atoms with Crippen molar-refractivity contribution in [1.29, 1.82) is 0 Å². The van der Waals surface area contributed by atoms with Crippen LogP contribution in [0.1, 0.15) is 0 Å². The van der Waals surface area contributed by atoms with Crippen molar-refractivity contribution in [2.75, 3.05) is 0 Å². The van der Waals surface area contributed by atoms with Gasteiger partial charge in [-0.05, 0) is 112 Å². The summed E-state index contributed by atoms with van der Waals surface area (Å²) in [6, 6.07) is 77.3. The average Bonchev–Trinajstić information content (AvgIpc) is 4.03. The molecule has 0 bridgehead atoms. The SMILES string of the molecule is c1ccc(-c2cc(-c3ccc4c(c3)oc3ccccc34)cc(-c3cccc4oc5ccc(-c6ccc(-c7ccc8c(c7)c7ccccc7n8-c7ccccc7)cc6)cc5c34)n2)cc1. The molecule has 4 heteroatoms. The Morgan fingerprint density at radius 3 is 1.70 bits per heavy atom. The summed E-state index contributed by atoms with van der Waals surface area (Å²) in [5.74, 6) is 0. The van der Waals surface area contributed by atoms with Gasteiger partial charge in [-0.3, -0.25) is 0 Å². The maximum Gasteiger partial charge on any atom is 0.136 e. The summed E-state index contributed by atoms with van der Waals surface area (Å²) in [4.78, 5) is 5.34. The molecule has 0 spiro atoms. The quantitative estimate of drug-likeness (QED) is 0.168. The van der Waals surface area contributed by atoms with Gasteiger partial charge in [0.25, 0.3) is 0 Å². The van der Waals surface area contributed by atoms with Crippen LogP contribution in [0.5, 0.6) is 0 Å². The Morgan fingerprint density at radius 1 is 0.302 bits per heavy atom. The zero-order chi connectivity index (χ0) is 41.4. The first-order valence-corrected chi connectivity index (χ1v) is 21.3. The lowest BCUT2D eigenvalue weighted by atomic mass is 9.96. The maximum absolute atomic E-state index is 6.54. The molecule has 4 nitrogen and oxygen atoms in total. The van der Waals surface area contributed by atoms with Crippen molar-refractivity contribution in [1.82, 2.24) is 9.55 Å². The largest absolute Gasteiger partial charge is 0.456 e. The molecule has 0 saturated carbocycles. The summed E-state index contributed by atoms with van der Waals surface area (Å²) < 4.78 is 15.2. The first kappa shape index (κ1) is 35.3. The minimum absolute atomic E-state index is 0.830. The predicted molar refractivity (Wildman–Crippen MR) is 260 cm³/mol. The van der Waals surface area contributed by atoms with Crippen molar-refractivity contribution >= 4 is 65.7 Å². The van der Waals surface area contributed by atoms with Crippen LogP contribution in [0, 0.1) is 0 Å². The van der Waals surface area contributed by atoms with Crippen LogP contribution in [0.4, 0.5) is 0 Å². The van der Waals surface area contributed by atoms with E-state index in [0.29, 0.717) is 0 Å². The third kappa shape index (κ3) is 5.80. The molecule has 0 unspecified atom stereocenters. The topological polar surface area (TPSA) is 44.1 Å². The zero-order valence-corrected chi connectivity index (χ0v) is 34.0. The zero-order valence-electron chi connectivity index (χ0n) is 34.0. The van der Waals surface area contributed by atoms with E-state index >= 15 is 0 Å². The Balaban J connectivity index is 0.902. The van der Waals surface area contributed by atoms with Crippen LogP contribution in [-0.4, -0.2) is 9.55 Å². The van der Waals surface area contributed by atoms with E-state index < -0.39 is 0 Å². The van der Waals surface area contributed by atoms with Gasteiger partial charge < -0.3 is 13.4 Å². The van der Waals surface area contributed by atoms with Gasteiger partial charge in [0.2, 0.25) is 0 Å². The third-order valence-electron chi connectivity index (χ3n) is 12.6. The van der Waals surface area contributed by atoms with Gasteiger partial charge in [-0.1, -0.05) is 140 Å². The molecule has 0 saturated heterocycles. The molecule has 63 heavy (non-hydrogen) atoms. The standard InChI is InChI=1S/C59H36N2O2/c1-3-12-39(13-4-1)51-34-43(42-26-29-47-46-17-8-10-20-55(46)63-58(47)36-42)35-52(60-51)48-18-11-21-57-59(48)50-33-41(28-31-56(50)62-57)38-24-22-37(23-25-38)40-27-30-54-49(32-40)45-16-7-9-19-53(45)61(54)44-14-5-2-6-15-44/h1-36H. The highest BCUT2D eigenvalue weighted by Crippen LogP contribution is 2.41. The second-order valence-corrected chi connectivity index (χ2v) is 16.3. The lowest BCUT2D eigenvalue weighted by Gasteiger charge is -2.11. The summed E-state index contributed by atoms with van der Waals surface area (Å²) in [6.07, 6.45) is 0. The summed E-state index contributed by atoms with van der Waals surface area (Å²) in [5.41, 5.74) is 17.6. The van der Waals surface area contributed by atoms with Crippen molar-refractivity contribution in [2.45, 2.75) is 0 Å². The Hall–Kier alpha value is -8.47. The number of pyridine rings is 1. The number of rotatable bonds is 6. The minimum Gasteiger partial charge on any atom is -0.456 e. The number of hydrogen-bond donors (Lipinski definition) is 0. The van der Waals surface area contributed by atoms with Gasteiger partial charge in [-0.15, -0.1) is 0 Å².